The highest BCUT2D eigenvalue weighted by Gasteiger charge is 2.18. The van der Waals surface area contributed by atoms with Crippen LogP contribution in [0.3, 0.4) is 0 Å². The van der Waals surface area contributed by atoms with Gasteiger partial charge in [0.05, 0.1) is 5.02 Å². The van der Waals surface area contributed by atoms with E-state index in [1.807, 2.05) is 0 Å². The summed E-state index contributed by atoms with van der Waals surface area (Å²) in [4.78, 5) is 6.99. The molecule has 0 fully saturated rings. The monoisotopic (exact) mass is 271 g/mol. The number of likely N-dealkylation sites (N-methyl/N-ethyl adjacent to an activating group) is 1. The molecule has 2 rings (SSSR count). The highest BCUT2D eigenvalue weighted by Crippen LogP contribution is 2.25. The fourth-order valence-corrected chi connectivity index (χ4v) is 1.93. The van der Waals surface area contributed by atoms with Crippen LogP contribution in [0.2, 0.25) is 5.02 Å². The summed E-state index contributed by atoms with van der Waals surface area (Å²) in [6.07, 6.45) is 3.73. The van der Waals surface area contributed by atoms with Gasteiger partial charge in [-0.25, -0.2) is 13.8 Å². The molecule has 6 heteroatoms. The molecule has 1 aromatic carbocycles. The van der Waals surface area contributed by atoms with E-state index in [4.69, 9.17) is 11.6 Å². The third-order valence-corrected chi connectivity index (χ3v) is 3.01. The van der Waals surface area contributed by atoms with Gasteiger partial charge in [0.25, 0.3) is 0 Å². The zero-order chi connectivity index (χ0) is 13.1. The summed E-state index contributed by atoms with van der Waals surface area (Å²) < 4.78 is 27.2. The Hall–Kier alpha value is -1.46. The van der Waals surface area contributed by atoms with Crippen LogP contribution in [0.1, 0.15) is 17.4 Å². The predicted octanol–water partition coefficient (Wildman–Crippen LogP) is 2.84. The van der Waals surface area contributed by atoms with Gasteiger partial charge in [0.1, 0.15) is 17.5 Å². The number of nitrogens with one attached hydrogen (secondary N) is 2. The fraction of sp³-hybridized carbons (Fsp3) is 0.250. The molecular weight excluding hydrogens is 260 g/mol. The molecule has 0 radical (unpaired) electrons. The molecule has 2 N–H and O–H groups in total. The highest BCUT2D eigenvalue weighted by molar-refractivity contribution is 6.30. The number of imidazole rings is 1. The Morgan fingerprint density at radius 3 is 2.78 bits per heavy atom. The van der Waals surface area contributed by atoms with Gasteiger partial charge in [-0.3, -0.25) is 0 Å². The van der Waals surface area contributed by atoms with Crippen LogP contribution in [0.15, 0.2) is 24.5 Å². The second-order valence-electron chi connectivity index (χ2n) is 3.87. The van der Waals surface area contributed by atoms with Crippen LogP contribution in [0.4, 0.5) is 8.78 Å². The van der Waals surface area contributed by atoms with Crippen LogP contribution in [-0.4, -0.2) is 17.0 Å². The van der Waals surface area contributed by atoms with Crippen molar-refractivity contribution >= 4 is 11.6 Å². The van der Waals surface area contributed by atoms with Gasteiger partial charge >= 0.3 is 0 Å². The lowest BCUT2D eigenvalue weighted by Gasteiger charge is -2.16. The summed E-state index contributed by atoms with van der Waals surface area (Å²) in [5, 5.41) is 2.72. The lowest BCUT2D eigenvalue weighted by Crippen LogP contribution is -2.21. The summed E-state index contributed by atoms with van der Waals surface area (Å²) in [5.74, 6) is -0.468. The molecule has 18 heavy (non-hydrogen) atoms. The first-order valence-electron chi connectivity index (χ1n) is 5.41. The van der Waals surface area contributed by atoms with E-state index in [0.29, 0.717) is 12.2 Å². The van der Waals surface area contributed by atoms with Gasteiger partial charge in [0.2, 0.25) is 0 Å². The Morgan fingerprint density at radius 1 is 1.39 bits per heavy atom. The number of H-pyrrole nitrogens is 1. The first-order chi connectivity index (χ1) is 8.61. The van der Waals surface area contributed by atoms with Crippen LogP contribution in [0.25, 0.3) is 0 Å². The molecule has 2 aromatic rings. The van der Waals surface area contributed by atoms with Crippen molar-refractivity contribution in [1.29, 1.82) is 0 Å². The third-order valence-electron chi connectivity index (χ3n) is 2.72. The molecule has 0 aliphatic heterocycles. The molecule has 0 saturated carbocycles. The van der Waals surface area contributed by atoms with Gasteiger partial charge in [-0.2, -0.15) is 0 Å². The minimum Gasteiger partial charge on any atom is -0.349 e. The number of nitrogens with zero attached hydrogens (tertiary/aromatic N) is 1. The number of aromatic amines is 1. The van der Waals surface area contributed by atoms with Crippen molar-refractivity contribution in [2.24, 2.45) is 0 Å². The number of hydrogen-bond donors (Lipinski definition) is 2. The van der Waals surface area contributed by atoms with Gasteiger partial charge in [-0.1, -0.05) is 11.6 Å². The van der Waals surface area contributed by atoms with E-state index in [0.717, 1.165) is 12.1 Å². The number of hydrogen-bond acceptors (Lipinski definition) is 2. The number of aromatic nitrogens is 2. The Bertz CT molecular complexity index is 528. The maximum atomic E-state index is 13.8. The number of benzene rings is 1. The lowest BCUT2D eigenvalue weighted by molar-refractivity contribution is 0.517. The number of rotatable bonds is 4. The molecule has 0 bridgehead atoms. The summed E-state index contributed by atoms with van der Waals surface area (Å²) in [7, 11) is 1.68. The zero-order valence-corrected chi connectivity index (χ0v) is 10.4. The highest BCUT2D eigenvalue weighted by atomic mass is 35.5. The van der Waals surface area contributed by atoms with Crippen LogP contribution < -0.4 is 5.32 Å². The second kappa shape index (κ2) is 5.46. The molecule has 0 amide bonds. The normalized spacial score (nSPS) is 12.7. The van der Waals surface area contributed by atoms with E-state index < -0.39 is 11.6 Å². The van der Waals surface area contributed by atoms with Crippen LogP contribution in [0.5, 0.6) is 0 Å². The van der Waals surface area contributed by atoms with Crippen molar-refractivity contribution in [3.8, 4) is 0 Å². The number of halogens is 3. The fourth-order valence-electron chi connectivity index (χ4n) is 1.78. The Morgan fingerprint density at radius 2 is 2.17 bits per heavy atom. The maximum absolute atomic E-state index is 13.8. The molecule has 1 heterocycles. The standard InChI is InChI=1S/C12H12ClF2N3/c1-16-11(6-12-17-2-3-18-12)7-4-10(15)8(13)5-9(7)14/h2-5,11,16H,6H2,1H3,(H,17,18). The van der Waals surface area contributed by atoms with Crippen molar-refractivity contribution in [2.75, 3.05) is 7.05 Å². The first kappa shape index (κ1) is 13.0. The maximum Gasteiger partial charge on any atom is 0.142 e. The van der Waals surface area contributed by atoms with Crippen LogP contribution in [0, 0.1) is 11.6 Å². The van der Waals surface area contributed by atoms with Crippen LogP contribution in [-0.2, 0) is 6.42 Å². The van der Waals surface area contributed by atoms with Crippen molar-refractivity contribution < 1.29 is 8.78 Å². The average molecular weight is 272 g/mol. The predicted molar refractivity (Wildman–Crippen MR) is 65.5 cm³/mol. The molecule has 1 unspecified atom stereocenters. The summed E-state index contributed by atoms with van der Waals surface area (Å²) in [6.45, 7) is 0. The van der Waals surface area contributed by atoms with Gasteiger partial charge < -0.3 is 10.3 Å². The van der Waals surface area contributed by atoms with E-state index in [-0.39, 0.29) is 16.6 Å². The smallest absolute Gasteiger partial charge is 0.142 e. The molecule has 0 aliphatic rings. The van der Waals surface area contributed by atoms with E-state index >= 15 is 0 Å². The van der Waals surface area contributed by atoms with Gasteiger partial charge in [0.15, 0.2) is 0 Å². The van der Waals surface area contributed by atoms with Crippen LogP contribution >= 0.6 is 11.6 Å². The summed E-state index contributed by atoms with van der Waals surface area (Å²) in [5.41, 5.74) is 0.232. The van der Waals surface area contributed by atoms with Crippen molar-refractivity contribution in [1.82, 2.24) is 15.3 Å². The summed E-state index contributed by atoms with van der Waals surface area (Å²) in [6, 6.07) is 1.73. The summed E-state index contributed by atoms with van der Waals surface area (Å²) >= 11 is 5.52. The minimum absolute atomic E-state index is 0.218. The topological polar surface area (TPSA) is 40.7 Å². The Labute approximate surface area is 108 Å². The van der Waals surface area contributed by atoms with E-state index in [1.54, 1.807) is 19.4 Å². The molecule has 0 aliphatic carbocycles. The third kappa shape index (κ3) is 2.68. The van der Waals surface area contributed by atoms with Gasteiger partial charge in [0, 0.05) is 30.4 Å². The minimum atomic E-state index is -0.632. The molecule has 0 saturated heterocycles. The van der Waals surface area contributed by atoms with E-state index in [9.17, 15) is 8.78 Å². The molecule has 1 aromatic heterocycles. The van der Waals surface area contributed by atoms with Crippen molar-refractivity contribution in [2.45, 2.75) is 12.5 Å². The Balaban J connectivity index is 2.30. The largest absolute Gasteiger partial charge is 0.349 e. The lowest BCUT2D eigenvalue weighted by atomic mass is 10.0. The Kier molecular flexibility index (Phi) is 3.93. The molecule has 96 valence electrons. The SMILES string of the molecule is CNC(Cc1ncc[nH]1)c1cc(F)c(Cl)cc1F. The van der Waals surface area contributed by atoms with Crippen molar-refractivity contribution in [3.05, 3.63) is 52.6 Å². The van der Waals surface area contributed by atoms with Gasteiger partial charge in [-0.15, -0.1) is 0 Å². The zero-order valence-electron chi connectivity index (χ0n) is 9.67. The average Bonchev–Trinajstić information content (AvgIpc) is 2.84. The van der Waals surface area contributed by atoms with Gasteiger partial charge in [-0.05, 0) is 19.2 Å². The molecular formula is C12H12ClF2N3. The quantitative estimate of drug-likeness (QED) is 0.840. The molecule has 3 nitrogen and oxygen atoms in total. The van der Waals surface area contributed by atoms with E-state index in [2.05, 4.69) is 15.3 Å². The first-order valence-corrected chi connectivity index (χ1v) is 5.79. The second-order valence-corrected chi connectivity index (χ2v) is 4.28. The molecule has 0 spiro atoms. The van der Waals surface area contributed by atoms with Crippen molar-refractivity contribution in [3.63, 3.8) is 0 Å². The van der Waals surface area contributed by atoms with E-state index in [1.165, 1.54) is 0 Å². The molecule has 1 atom stereocenters.